The molecule has 0 fully saturated rings. The summed E-state index contributed by atoms with van der Waals surface area (Å²) in [4.78, 5) is 14.2. The van der Waals surface area contributed by atoms with Gasteiger partial charge in [0.2, 0.25) is 0 Å². The van der Waals surface area contributed by atoms with Crippen LogP contribution in [-0.4, -0.2) is 17.8 Å². The predicted octanol–water partition coefficient (Wildman–Crippen LogP) is 2.48. The zero-order valence-corrected chi connectivity index (χ0v) is 8.45. The minimum atomic E-state index is 0.334. The van der Waals surface area contributed by atoms with Gasteiger partial charge in [-0.1, -0.05) is 26.2 Å². The summed E-state index contributed by atoms with van der Waals surface area (Å²) >= 11 is 0. The molecule has 1 N–H and O–H groups in total. The van der Waals surface area contributed by atoms with Crippen molar-refractivity contribution in [3.05, 3.63) is 12.0 Å². The van der Waals surface area contributed by atoms with Crippen LogP contribution in [0.2, 0.25) is 0 Å². The van der Waals surface area contributed by atoms with E-state index in [4.69, 9.17) is 4.42 Å². The highest BCUT2D eigenvalue weighted by Crippen LogP contribution is 2.06. The predicted molar refractivity (Wildman–Crippen MR) is 54.5 cm³/mol. The molecule has 4 heteroatoms. The first-order chi connectivity index (χ1) is 6.86. The average molecular weight is 196 g/mol. The second-order valence-electron chi connectivity index (χ2n) is 3.18. The van der Waals surface area contributed by atoms with Crippen molar-refractivity contribution in [3.63, 3.8) is 0 Å². The second kappa shape index (κ2) is 6.18. The Kier molecular flexibility index (Phi) is 4.75. The minimum Gasteiger partial charge on any atom is -0.431 e. The third-order valence-corrected chi connectivity index (χ3v) is 1.95. The number of oxazole rings is 1. The summed E-state index contributed by atoms with van der Waals surface area (Å²) in [5, 5.41) is 3.02. The zero-order valence-electron chi connectivity index (χ0n) is 8.45. The number of carbonyl (C=O) groups is 1. The number of hydrogen-bond acceptors (Lipinski definition) is 4. The lowest BCUT2D eigenvalue weighted by atomic mass is 10.2. The maximum Gasteiger partial charge on any atom is 0.295 e. The monoisotopic (exact) mass is 196 g/mol. The van der Waals surface area contributed by atoms with E-state index in [1.807, 2.05) is 0 Å². The highest BCUT2D eigenvalue weighted by Gasteiger charge is 2.00. The first-order valence-corrected chi connectivity index (χ1v) is 5.01. The van der Waals surface area contributed by atoms with Crippen LogP contribution in [-0.2, 0) is 0 Å². The molecule has 1 heterocycles. The number of unbranched alkanes of at least 4 members (excludes halogenated alkanes) is 3. The van der Waals surface area contributed by atoms with Crippen LogP contribution in [0, 0.1) is 0 Å². The van der Waals surface area contributed by atoms with E-state index >= 15 is 0 Å². The van der Waals surface area contributed by atoms with Crippen molar-refractivity contribution >= 4 is 12.3 Å². The quantitative estimate of drug-likeness (QED) is 0.537. The Bertz CT molecular complexity index is 271. The van der Waals surface area contributed by atoms with Gasteiger partial charge < -0.3 is 9.73 Å². The van der Waals surface area contributed by atoms with Crippen molar-refractivity contribution in [2.75, 3.05) is 11.9 Å². The maximum atomic E-state index is 10.3. The minimum absolute atomic E-state index is 0.334. The number of hydrogen-bond donors (Lipinski definition) is 1. The average Bonchev–Trinajstić information content (AvgIpc) is 2.65. The van der Waals surface area contributed by atoms with Gasteiger partial charge in [-0.25, -0.2) is 0 Å². The third-order valence-electron chi connectivity index (χ3n) is 1.95. The largest absolute Gasteiger partial charge is 0.431 e. The molecule has 78 valence electrons. The molecule has 0 unspecified atom stereocenters. The smallest absolute Gasteiger partial charge is 0.295 e. The third kappa shape index (κ3) is 3.60. The molecule has 0 aliphatic carbocycles. The molecule has 0 atom stereocenters. The molecule has 14 heavy (non-hydrogen) atoms. The number of anilines is 1. The number of nitrogens with one attached hydrogen (secondary N) is 1. The zero-order chi connectivity index (χ0) is 10.2. The van der Waals surface area contributed by atoms with E-state index in [0.29, 0.717) is 18.0 Å². The van der Waals surface area contributed by atoms with Crippen LogP contribution in [0.4, 0.5) is 6.01 Å². The topological polar surface area (TPSA) is 55.1 Å². The van der Waals surface area contributed by atoms with Crippen molar-refractivity contribution < 1.29 is 9.21 Å². The van der Waals surface area contributed by atoms with Gasteiger partial charge in [0.15, 0.2) is 6.29 Å². The Labute approximate surface area is 83.7 Å². The van der Waals surface area contributed by atoms with Gasteiger partial charge >= 0.3 is 0 Å². The van der Waals surface area contributed by atoms with Gasteiger partial charge in [-0.05, 0) is 6.42 Å². The van der Waals surface area contributed by atoms with Crippen molar-refractivity contribution in [2.24, 2.45) is 0 Å². The molecule has 0 aliphatic heterocycles. The molecular weight excluding hydrogens is 180 g/mol. The van der Waals surface area contributed by atoms with E-state index in [1.54, 1.807) is 0 Å². The fourth-order valence-electron chi connectivity index (χ4n) is 1.17. The highest BCUT2D eigenvalue weighted by molar-refractivity contribution is 5.71. The molecule has 0 aliphatic rings. The molecule has 0 saturated carbocycles. The van der Waals surface area contributed by atoms with Crippen molar-refractivity contribution in [1.29, 1.82) is 0 Å². The van der Waals surface area contributed by atoms with Crippen LogP contribution in [0.3, 0.4) is 0 Å². The number of carbonyl (C=O) groups excluding carboxylic acids is 1. The van der Waals surface area contributed by atoms with Gasteiger partial charge in [0.05, 0.1) is 0 Å². The van der Waals surface area contributed by atoms with Gasteiger partial charge in [0, 0.05) is 6.54 Å². The standard InChI is InChI=1S/C10H16N2O2/c1-2-3-4-5-6-11-10-12-9(7-13)8-14-10/h7-8H,2-6H2,1H3,(H,11,12). The lowest BCUT2D eigenvalue weighted by molar-refractivity contribution is 0.111. The molecular formula is C10H16N2O2. The lowest BCUT2D eigenvalue weighted by Crippen LogP contribution is -2.01. The maximum absolute atomic E-state index is 10.3. The second-order valence-corrected chi connectivity index (χ2v) is 3.18. The summed E-state index contributed by atoms with van der Waals surface area (Å²) in [6.07, 6.45) is 6.83. The highest BCUT2D eigenvalue weighted by atomic mass is 16.4. The molecule has 0 bridgehead atoms. The summed E-state index contributed by atoms with van der Waals surface area (Å²) in [6, 6.07) is 0.434. The number of rotatable bonds is 7. The molecule has 0 radical (unpaired) electrons. The van der Waals surface area contributed by atoms with Crippen LogP contribution in [0.1, 0.15) is 43.1 Å². The first kappa shape index (κ1) is 10.8. The van der Waals surface area contributed by atoms with Gasteiger partial charge in [0.25, 0.3) is 6.01 Å². The Morgan fingerprint density at radius 3 is 3.00 bits per heavy atom. The summed E-state index contributed by atoms with van der Waals surface area (Å²) in [5.41, 5.74) is 0.334. The van der Waals surface area contributed by atoms with E-state index in [9.17, 15) is 4.79 Å². The van der Waals surface area contributed by atoms with E-state index < -0.39 is 0 Å². The normalized spacial score (nSPS) is 10.1. The Balaban J connectivity index is 2.14. The first-order valence-electron chi connectivity index (χ1n) is 5.01. The molecule has 4 nitrogen and oxygen atoms in total. The Hall–Kier alpha value is -1.32. The molecule has 1 aromatic rings. The molecule has 0 aromatic carbocycles. The number of aromatic nitrogens is 1. The van der Waals surface area contributed by atoms with Crippen LogP contribution in [0.25, 0.3) is 0 Å². The Morgan fingerprint density at radius 2 is 2.36 bits per heavy atom. The number of nitrogens with zero attached hydrogens (tertiary/aromatic N) is 1. The van der Waals surface area contributed by atoms with Crippen LogP contribution >= 0.6 is 0 Å². The van der Waals surface area contributed by atoms with Crippen molar-refractivity contribution in [1.82, 2.24) is 4.98 Å². The van der Waals surface area contributed by atoms with Crippen LogP contribution in [0.5, 0.6) is 0 Å². The molecule has 0 spiro atoms. The molecule has 0 amide bonds. The summed E-state index contributed by atoms with van der Waals surface area (Å²) in [6.45, 7) is 3.02. The van der Waals surface area contributed by atoms with Gasteiger partial charge in [-0.3, -0.25) is 4.79 Å². The molecule has 0 saturated heterocycles. The Morgan fingerprint density at radius 1 is 1.50 bits per heavy atom. The van der Waals surface area contributed by atoms with Gasteiger partial charge in [0.1, 0.15) is 12.0 Å². The van der Waals surface area contributed by atoms with E-state index in [2.05, 4.69) is 17.2 Å². The summed E-state index contributed by atoms with van der Waals surface area (Å²) in [5.74, 6) is 0. The van der Waals surface area contributed by atoms with Crippen molar-refractivity contribution in [2.45, 2.75) is 32.6 Å². The fraction of sp³-hybridized carbons (Fsp3) is 0.600. The molecule has 1 rings (SSSR count). The summed E-state index contributed by atoms with van der Waals surface area (Å²) in [7, 11) is 0. The lowest BCUT2D eigenvalue weighted by Gasteiger charge is -1.99. The van der Waals surface area contributed by atoms with Crippen molar-refractivity contribution in [3.8, 4) is 0 Å². The fourth-order valence-corrected chi connectivity index (χ4v) is 1.17. The number of aldehydes is 1. The van der Waals surface area contributed by atoms with E-state index in [0.717, 1.165) is 13.0 Å². The van der Waals surface area contributed by atoms with Gasteiger partial charge in [-0.15, -0.1) is 0 Å². The van der Waals surface area contributed by atoms with Crippen LogP contribution < -0.4 is 5.32 Å². The van der Waals surface area contributed by atoms with E-state index in [1.165, 1.54) is 25.5 Å². The van der Waals surface area contributed by atoms with Gasteiger partial charge in [-0.2, -0.15) is 4.98 Å². The van der Waals surface area contributed by atoms with E-state index in [-0.39, 0.29) is 0 Å². The summed E-state index contributed by atoms with van der Waals surface area (Å²) < 4.78 is 5.01. The van der Waals surface area contributed by atoms with Crippen LogP contribution in [0.15, 0.2) is 10.7 Å². The molecule has 1 aromatic heterocycles. The SMILES string of the molecule is CCCCCCNc1nc(C=O)co1.